The number of rotatable bonds is 9. The van der Waals surface area contributed by atoms with Crippen LogP contribution in [0, 0.1) is 11.2 Å². The smallest absolute Gasteiger partial charge is 0.310 e. The molecule has 37 heavy (non-hydrogen) atoms. The summed E-state index contributed by atoms with van der Waals surface area (Å²) in [6.07, 6.45) is -1.29. The van der Waals surface area contributed by atoms with Crippen LogP contribution in [-0.4, -0.2) is 51.3 Å². The molecule has 3 rings (SSSR count). The number of aliphatic carboxylic acids is 1. The lowest BCUT2D eigenvalue weighted by molar-refractivity contribution is -0.152. The van der Waals surface area contributed by atoms with Gasteiger partial charge in [-0.1, -0.05) is 26.8 Å². The van der Waals surface area contributed by atoms with Gasteiger partial charge in [0.2, 0.25) is 0 Å². The number of nitrogens with zero attached hydrogens (tertiary/aromatic N) is 1. The highest BCUT2D eigenvalue weighted by Crippen LogP contribution is 2.39. The van der Waals surface area contributed by atoms with E-state index in [1.54, 1.807) is 19.1 Å². The first kappa shape index (κ1) is 28.2. The van der Waals surface area contributed by atoms with E-state index in [-0.39, 0.29) is 59.4 Å². The Morgan fingerprint density at radius 3 is 2.54 bits per heavy atom. The predicted octanol–water partition coefficient (Wildman–Crippen LogP) is 4.18. The average Bonchev–Trinajstić information content (AvgIpc) is 2.81. The van der Waals surface area contributed by atoms with E-state index in [4.69, 9.17) is 19.3 Å². The van der Waals surface area contributed by atoms with Crippen molar-refractivity contribution in [1.82, 2.24) is 0 Å². The minimum atomic E-state index is -4.24. The van der Waals surface area contributed by atoms with Crippen LogP contribution < -0.4 is 13.8 Å². The Hall–Kier alpha value is -3.34. The Labute approximate surface area is 216 Å². The summed E-state index contributed by atoms with van der Waals surface area (Å²) in [4.78, 5) is 23.4. The number of sulfonamides is 1. The van der Waals surface area contributed by atoms with Crippen molar-refractivity contribution in [2.75, 3.05) is 18.0 Å². The van der Waals surface area contributed by atoms with Gasteiger partial charge in [-0.05, 0) is 48.6 Å². The lowest BCUT2D eigenvalue weighted by Crippen LogP contribution is -2.43. The molecule has 1 heterocycles. The lowest BCUT2D eigenvalue weighted by Gasteiger charge is -2.35. The molecule has 1 N–H and O–H groups in total. The third-order valence-electron chi connectivity index (χ3n) is 6.22. The molecule has 2 atom stereocenters. The van der Waals surface area contributed by atoms with Crippen LogP contribution in [0.3, 0.4) is 0 Å². The van der Waals surface area contributed by atoms with E-state index >= 15 is 0 Å². The largest absolute Gasteiger partial charge is 0.494 e. The molecule has 0 bridgehead atoms. The van der Waals surface area contributed by atoms with Gasteiger partial charge in [-0.2, -0.15) is 0 Å². The Bertz CT molecular complexity index is 1270. The predicted molar refractivity (Wildman–Crippen MR) is 134 cm³/mol. The third-order valence-corrected chi connectivity index (χ3v) is 8.00. The lowest BCUT2D eigenvalue weighted by atomic mass is 9.90. The van der Waals surface area contributed by atoms with Gasteiger partial charge in [-0.3, -0.25) is 13.9 Å². The molecule has 202 valence electrons. The number of carboxylic acid groups (broad SMARTS) is 1. The molecule has 0 saturated heterocycles. The van der Waals surface area contributed by atoms with Gasteiger partial charge in [-0.15, -0.1) is 0 Å². The van der Waals surface area contributed by atoms with E-state index in [1.165, 1.54) is 13.2 Å². The zero-order valence-electron chi connectivity index (χ0n) is 21.5. The summed E-state index contributed by atoms with van der Waals surface area (Å²) >= 11 is 0. The van der Waals surface area contributed by atoms with Crippen molar-refractivity contribution in [2.45, 2.75) is 64.1 Å². The number of benzene rings is 2. The van der Waals surface area contributed by atoms with E-state index in [1.807, 2.05) is 20.8 Å². The van der Waals surface area contributed by atoms with E-state index < -0.39 is 33.9 Å². The fourth-order valence-corrected chi connectivity index (χ4v) is 5.15. The Balaban J connectivity index is 1.98. The molecule has 0 fully saturated rings. The van der Waals surface area contributed by atoms with Crippen molar-refractivity contribution < 1.29 is 41.7 Å². The minimum Gasteiger partial charge on any atom is -0.494 e. The van der Waals surface area contributed by atoms with Crippen LogP contribution in [-0.2, 0) is 30.8 Å². The summed E-state index contributed by atoms with van der Waals surface area (Å²) in [5.41, 5.74) is 0.448. The number of anilines is 1. The zero-order valence-corrected chi connectivity index (χ0v) is 22.3. The highest BCUT2D eigenvalue weighted by molar-refractivity contribution is 7.92. The summed E-state index contributed by atoms with van der Waals surface area (Å²) in [7, 11) is -3.01. The maximum Gasteiger partial charge on any atom is 0.310 e. The number of fused-ring (bicyclic) bond motifs is 1. The number of carbonyl (C=O) groups is 2. The van der Waals surface area contributed by atoms with Crippen molar-refractivity contribution in [3.63, 3.8) is 0 Å². The molecular formula is C26H32FNO8S. The second-order valence-corrected chi connectivity index (χ2v) is 11.8. The molecule has 2 aromatic carbocycles. The molecule has 0 aromatic heterocycles. The molecule has 0 unspecified atom stereocenters. The first-order valence-corrected chi connectivity index (χ1v) is 13.2. The van der Waals surface area contributed by atoms with Crippen LogP contribution in [0.5, 0.6) is 11.5 Å². The summed E-state index contributed by atoms with van der Waals surface area (Å²) < 4.78 is 58.8. The Morgan fingerprint density at radius 1 is 1.22 bits per heavy atom. The fraction of sp³-hybridized carbons (Fsp3) is 0.462. The van der Waals surface area contributed by atoms with E-state index in [0.29, 0.717) is 5.56 Å². The maximum absolute atomic E-state index is 14.0. The van der Waals surface area contributed by atoms with Gasteiger partial charge in [0.15, 0.2) is 11.6 Å². The Kier molecular flexibility index (Phi) is 8.36. The van der Waals surface area contributed by atoms with Crippen LogP contribution in [0.4, 0.5) is 10.1 Å². The number of carboxylic acids is 1. The molecular weight excluding hydrogens is 505 g/mol. The van der Waals surface area contributed by atoms with Crippen LogP contribution in [0.15, 0.2) is 41.3 Å². The van der Waals surface area contributed by atoms with Crippen LogP contribution >= 0.6 is 0 Å². The number of halogens is 1. The summed E-state index contributed by atoms with van der Waals surface area (Å²) in [6, 6.07) is 7.92. The summed E-state index contributed by atoms with van der Waals surface area (Å²) in [5.74, 6) is -2.23. The molecule has 0 spiro atoms. The normalized spacial score (nSPS) is 16.4. The number of esters is 1. The van der Waals surface area contributed by atoms with E-state index in [0.717, 1.165) is 22.5 Å². The second kappa shape index (κ2) is 11.0. The average molecular weight is 538 g/mol. The van der Waals surface area contributed by atoms with Gasteiger partial charge in [-0.25, -0.2) is 12.8 Å². The van der Waals surface area contributed by atoms with Crippen molar-refractivity contribution >= 4 is 27.6 Å². The first-order valence-electron chi connectivity index (χ1n) is 11.8. The van der Waals surface area contributed by atoms with E-state index in [9.17, 15) is 22.4 Å². The van der Waals surface area contributed by atoms with E-state index in [2.05, 4.69) is 0 Å². The summed E-state index contributed by atoms with van der Waals surface area (Å²) in [6.45, 7) is 7.50. The fourth-order valence-electron chi connectivity index (χ4n) is 3.64. The van der Waals surface area contributed by atoms with Crippen LogP contribution in [0.25, 0.3) is 0 Å². The van der Waals surface area contributed by atoms with Gasteiger partial charge in [0.25, 0.3) is 10.0 Å². The number of ether oxygens (including phenoxy) is 3. The van der Waals surface area contributed by atoms with Crippen molar-refractivity contribution in [1.29, 1.82) is 0 Å². The molecule has 1 aliphatic rings. The first-order chi connectivity index (χ1) is 17.2. The molecule has 9 nitrogen and oxygen atoms in total. The highest BCUT2D eigenvalue weighted by Gasteiger charge is 2.35. The molecule has 0 saturated carbocycles. The van der Waals surface area contributed by atoms with Gasteiger partial charge < -0.3 is 19.3 Å². The molecule has 0 amide bonds. The molecule has 0 radical (unpaired) electrons. The molecule has 2 aromatic rings. The minimum absolute atomic E-state index is 0.0757. The van der Waals surface area contributed by atoms with Crippen LogP contribution in [0.2, 0.25) is 0 Å². The van der Waals surface area contributed by atoms with Gasteiger partial charge in [0.05, 0.1) is 30.7 Å². The Morgan fingerprint density at radius 2 is 1.92 bits per heavy atom. The van der Waals surface area contributed by atoms with Gasteiger partial charge in [0.1, 0.15) is 18.0 Å². The molecule has 11 heteroatoms. The number of methoxy groups -OCH3 is 1. The SMILES string of the molecule is COc1cc(S(=O)(=O)N2C[C@H](CCC(=O)O)Oc3ccc(CC(=O)O[C@H](C)C(C)(C)C)cc32)ccc1F. The highest BCUT2D eigenvalue weighted by atomic mass is 32.2. The summed E-state index contributed by atoms with van der Waals surface area (Å²) in [5, 5.41) is 9.08. The maximum atomic E-state index is 14.0. The van der Waals surface area contributed by atoms with Gasteiger partial charge in [0, 0.05) is 12.5 Å². The van der Waals surface area contributed by atoms with Crippen molar-refractivity contribution in [2.24, 2.45) is 5.41 Å². The number of hydrogen-bond acceptors (Lipinski definition) is 7. The van der Waals surface area contributed by atoms with Gasteiger partial charge >= 0.3 is 11.9 Å². The van der Waals surface area contributed by atoms with Crippen molar-refractivity contribution in [3.05, 3.63) is 47.8 Å². The van der Waals surface area contributed by atoms with Crippen LogP contribution in [0.1, 0.15) is 46.1 Å². The zero-order chi connectivity index (χ0) is 27.5. The molecule has 0 aliphatic carbocycles. The topological polar surface area (TPSA) is 119 Å². The number of hydrogen-bond donors (Lipinski definition) is 1. The van der Waals surface area contributed by atoms with Crippen molar-refractivity contribution in [3.8, 4) is 11.5 Å². The molecule has 1 aliphatic heterocycles. The quantitative estimate of drug-likeness (QED) is 0.473. The monoisotopic (exact) mass is 537 g/mol. The third kappa shape index (κ3) is 6.71. The number of carbonyl (C=O) groups excluding carboxylic acids is 1. The standard InChI is InChI=1S/C26H32FNO8S/c1-16(26(2,3)4)35-25(31)13-17-6-10-22-21(12-17)28(15-18(36-22)7-11-24(29)30)37(32,33)19-8-9-20(27)23(14-19)34-5/h6,8-10,12,14,16,18H,7,11,13,15H2,1-5H3,(H,29,30)/t16-,18+/m1/s1. The second-order valence-electron chi connectivity index (χ2n) is 9.98.